The van der Waals surface area contributed by atoms with Crippen LogP contribution < -0.4 is 0 Å². The van der Waals surface area contributed by atoms with Gasteiger partial charge in [-0.25, -0.2) is 4.79 Å². The number of nitrogens with zero attached hydrogens (tertiary/aromatic N) is 2. The van der Waals surface area contributed by atoms with E-state index < -0.39 is 17.8 Å². The molecule has 0 saturated heterocycles. The van der Waals surface area contributed by atoms with Gasteiger partial charge < -0.3 is 4.74 Å². The van der Waals surface area contributed by atoms with Crippen LogP contribution in [0, 0.1) is 0 Å². The van der Waals surface area contributed by atoms with Crippen LogP contribution in [0.15, 0.2) is 30.6 Å². The molecule has 22 heavy (non-hydrogen) atoms. The largest absolute Gasteiger partial charge is 0.465 e. The number of hydrogen-bond donors (Lipinski definition) is 0. The first-order chi connectivity index (χ1) is 10.4. The smallest absolute Gasteiger partial charge is 0.433 e. The maximum absolute atomic E-state index is 12.5. The molecule has 0 unspecified atom stereocenters. The van der Waals surface area contributed by atoms with Gasteiger partial charge in [-0.3, -0.25) is 9.97 Å². The van der Waals surface area contributed by atoms with Gasteiger partial charge in [0.2, 0.25) is 0 Å². The lowest BCUT2D eigenvalue weighted by Crippen LogP contribution is -2.08. The Bertz CT molecular complexity index is 682. The molecule has 0 N–H and O–H groups in total. The van der Waals surface area contributed by atoms with Crippen LogP contribution in [0.3, 0.4) is 0 Å². The van der Waals surface area contributed by atoms with Crippen molar-refractivity contribution in [3.8, 4) is 11.3 Å². The van der Waals surface area contributed by atoms with Gasteiger partial charge in [-0.15, -0.1) is 0 Å². The predicted molar refractivity (Wildman–Crippen MR) is 73.2 cm³/mol. The third-order valence-electron chi connectivity index (χ3n) is 3.13. The zero-order valence-electron chi connectivity index (χ0n) is 11.9. The van der Waals surface area contributed by atoms with Crippen LogP contribution in [0.2, 0.25) is 0 Å². The lowest BCUT2D eigenvalue weighted by Gasteiger charge is -2.09. The van der Waals surface area contributed by atoms with Crippen LogP contribution >= 0.6 is 0 Å². The number of methoxy groups -OCH3 is 1. The fourth-order valence-electron chi connectivity index (χ4n) is 1.95. The second-order valence-corrected chi connectivity index (χ2v) is 4.50. The molecule has 0 atom stereocenters. The van der Waals surface area contributed by atoms with Gasteiger partial charge in [-0.05, 0) is 30.2 Å². The Morgan fingerprint density at radius 3 is 2.45 bits per heavy atom. The molecule has 0 spiro atoms. The number of esters is 1. The number of hydrogen-bond acceptors (Lipinski definition) is 4. The van der Waals surface area contributed by atoms with Crippen LogP contribution in [-0.2, 0) is 17.3 Å². The summed E-state index contributed by atoms with van der Waals surface area (Å²) in [5.74, 6) is -0.499. The summed E-state index contributed by atoms with van der Waals surface area (Å²) in [4.78, 5) is 19.1. The van der Waals surface area contributed by atoms with Crippen molar-refractivity contribution >= 4 is 5.97 Å². The van der Waals surface area contributed by atoms with Crippen molar-refractivity contribution in [2.24, 2.45) is 0 Å². The fourth-order valence-corrected chi connectivity index (χ4v) is 1.95. The first-order valence-electron chi connectivity index (χ1n) is 6.47. The Hall–Kier alpha value is -2.44. The monoisotopic (exact) mass is 310 g/mol. The number of carbonyl (C=O) groups is 1. The summed E-state index contributed by atoms with van der Waals surface area (Å²) in [6, 6.07) is 3.85. The van der Waals surface area contributed by atoms with Gasteiger partial charge in [0.1, 0.15) is 5.69 Å². The standard InChI is InChI=1S/C15H13F3N2O2/c1-3-9-6-12(19-8-11(9)14(21)22-2)10-4-5-13(20-7-10)15(16,17)18/h4-8H,3H2,1-2H3. The second-order valence-electron chi connectivity index (χ2n) is 4.50. The highest BCUT2D eigenvalue weighted by Gasteiger charge is 2.32. The summed E-state index contributed by atoms with van der Waals surface area (Å²) in [6.45, 7) is 1.86. The van der Waals surface area contributed by atoms with Crippen molar-refractivity contribution in [3.63, 3.8) is 0 Å². The molecular weight excluding hydrogens is 297 g/mol. The van der Waals surface area contributed by atoms with Crippen LogP contribution in [-0.4, -0.2) is 23.0 Å². The van der Waals surface area contributed by atoms with Crippen molar-refractivity contribution in [1.82, 2.24) is 9.97 Å². The minimum Gasteiger partial charge on any atom is -0.465 e. The first kappa shape index (κ1) is 15.9. The molecule has 7 heteroatoms. The normalized spacial score (nSPS) is 11.3. The number of aryl methyl sites for hydroxylation is 1. The Kier molecular flexibility index (Phi) is 4.44. The van der Waals surface area contributed by atoms with E-state index in [1.807, 2.05) is 6.92 Å². The molecule has 0 radical (unpaired) electrons. The van der Waals surface area contributed by atoms with E-state index in [0.29, 0.717) is 28.8 Å². The maximum Gasteiger partial charge on any atom is 0.433 e. The topological polar surface area (TPSA) is 52.1 Å². The summed E-state index contributed by atoms with van der Waals surface area (Å²) in [6.07, 6.45) is -1.44. The van der Waals surface area contributed by atoms with Gasteiger partial charge >= 0.3 is 12.1 Å². The quantitative estimate of drug-likeness (QED) is 0.814. The molecule has 2 rings (SSSR count). The molecule has 0 fully saturated rings. The van der Waals surface area contributed by atoms with E-state index in [9.17, 15) is 18.0 Å². The highest BCUT2D eigenvalue weighted by atomic mass is 19.4. The van der Waals surface area contributed by atoms with E-state index in [2.05, 4.69) is 14.7 Å². The van der Waals surface area contributed by atoms with Crippen molar-refractivity contribution < 1.29 is 22.7 Å². The zero-order valence-corrected chi connectivity index (χ0v) is 11.9. The minimum absolute atomic E-state index is 0.341. The van der Waals surface area contributed by atoms with Crippen molar-refractivity contribution in [2.45, 2.75) is 19.5 Å². The van der Waals surface area contributed by atoms with E-state index in [-0.39, 0.29) is 0 Å². The number of alkyl halides is 3. The SMILES string of the molecule is CCc1cc(-c2ccc(C(F)(F)F)nc2)ncc1C(=O)OC. The van der Waals surface area contributed by atoms with Crippen LogP contribution in [0.1, 0.15) is 28.5 Å². The summed E-state index contributed by atoms with van der Waals surface area (Å²) in [5, 5.41) is 0. The zero-order chi connectivity index (χ0) is 16.3. The van der Waals surface area contributed by atoms with Gasteiger partial charge in [0.05, 0.1) is 18.4 Å². The van der Waals surface area contributed by atoms with Crippen molar-refractivity contribution in [1.29, 1.82) is 0 Å². The van der Waals surface area contributed by atoms with Gasteiger partial charge in [0.15, 0.2) is 0 Å². The number of ether oxygens (including phenoxy) is 1. The molecular formula is C15H13F3N2O2. The molecule has 0 bridgehead atoms. The van der Waals surface area contributed by atoms with Gasteiger partial charge in [0, 0.05) is 18.0 Å². The first-order valence-corrected chi connectivity index (χ1v) is 6.47. The summed E-state index contributed by atoms with van der Waals surface area (Å²) in [5.41, 5.74) is 0.980. The van der Waals surface area contributed by atoms with Crippen LogP contribution in [0.5, 0.6) is 0 Å². The molecule has 2 aromatic heterocycles. The summed E-state index contributed by atoms with van der Waals surface area (Å²) >= 11 is 0. The molecule has 2 aromatic rings. The molecule has 0 amide bonds. The van der Waals surface area contributed by atoms with Gasteiger partial charge in [-0.1, -0.05) is 6.92 Å². The number of pyridine rings is 2. The van der Waals surface area contributed by atoms with E-state index in [1.54, 1.807) is 6.07 Å². The molecule has 4 nitrogen and oxygen atoms in total. The van der Waals surface area contributed by atoms with Crippen LogP contribution in [0.25, 0.3) is 11.3 Å². The fraction of sp³-hybridized carbons (Fsp3) is 0.267. The maximum atomic E-state index is 12.5. The van der Waals surface area contributed by atoms with Gasteiger partial charge in [0.25, 0.3) is 0 Å². The Morgan fingerprint density at radius 2 is 1.95 bits per heavy atom. The lowest BCUT2D eigenvalue weighted by molar-refractivity contribution is -0.141. The van der Waals surface area contributed by atoms with E-state index in [1.165, 1.54) is 19.4 Å². The molecule has 116 valence electrons. The van der Waals surface area contributed by atoms with E-state index in [4.69, 9.17) is 0 Å². The van der Waals surface area contributed by atoms with Crippen molar-refractivity contribution in [3.05, 3.63) is 47.4 Å². The molecule has 0 aliphatic heterocycles. The number of halogens is 3. The van der Waals surface area contributed by atoms with Crippen LogP contribution in [0.4, 0.5) is 13.2 Å². The van der Waals surface area contributed by atoms with E-state index >= 15 is 0 Å². The van der Waals surface area contributed by atoms with E-state index in [0.717, 1.165) is 12.3 Å². The predicted octanol–water partition coefficient (Wildman–Crippen LogP) is 3.51. The Balaban J connectivity index is 2.39. The molecule has 0 aliphatic rings. The summed E-state index contributed by atoms with van der Waals surface area (Å²) in [7, 11) is 1.27. The average Bonchev–Trinajstić information content (AvgIpc) is 2.52. The highest BCUT2D eigenvalue weighted by molar-refractivity contribution is 5.91. The Labute approximate surface area is 125 Å². The van der Waals surface area contributed by atoms with Gasteiger partial charge in [-0.2, -0.15) is 13.2 Å². The number of carbonyl (C=O) groups excluding carboxylic acids is 1. The third kappa shape index (κ3) is 3.24. The average molecular weight is 310 g/mol. The minimum atomic E-state index is -4.48. The second kappa shape index (κ2) is 6.13. The third-order valence-corrected chi connectivity index (χ3v) is 3.13. The molecule has 2 heterocycles. The molecule has 0 aromatic carbocycles. The number of aromatic nitrogens is 2. The number of rotatable bonds is 3. The summed E-state index contributed by atoms with van der Waals surface area (Å²) < 4.78 is 42.1. The lowest BCUT2D eigenvalue weighted by atomic mass is 10.0. The molecule has 0 saturated carbocycles. The van der Waals surface area contributed by atoms with Crippen molar-refractivity contribution in [2.75, 3.05) is 7.11 Å². The highest BCUT2D eigenvalue weighted by Crippen LogP contribution is 2.29. The molecule has 0 aliphatic carbocycles. The Morgan fingerprint density at radius 1 is 1.23 bits per heavy atom.